The zero-order valence-electron chi connectivity index (χ0n) is 22.6. The van der Waals surface area contributed by atoms with Crippen LogP contribution in [0.5, 0.6) is 0 Å². The molecule has 4 fully saturated rings. The molecule has 202 valence electrons. The molecule has 4 aliphatic carbocycles. The zero-order valence-corrected chi connectivity index (χ0v) is 22.6. The zero-order chi connectivity index (χ0) is 25.8. The van der Waals surface area contributed by atoms with Crippen LogP contribution in [0.2, 0.25) is 0 Å². The van der Waals surface area contributed by atoms with Crippen molar-refractivity contribution in [2.45, 2.75) is 123 Å². The number of esters is 1. The van der Waals surface area contributed by atoms with Gasteiger partial charge in [-0.2, -0.15) is 0 Å². The molecule has 4 N–H and O–H groups in total. The smallest absolute Gasteiger partial charge is 0.302 e. The van der Waals surface area contributed by atoms with Crippen LogP contribution < -0.4 is 0 Å². The second kappa shape index (κ2) is 9.89. The average molecular weight is 495 g/mol. The monoisotopic (exact) mass is 494 g/mol. The number of rotatable bonds is 7. The lowest BCUT2D eigenvalue weighted by molar-refractivity contribution is -0.267. The number of aliphatic hydroxyl groups is 4. The molecular formula is C29H50O6. The van der Waals surface area contributed by atoms with Crippen LogP contribution in [0.1, 0.15) is 98.8 Å². The van der Waals surface area contributed by atoms with E-state index in [9.17, 15) is 25.2 Å². The van der Waals surface area contributed by atoms with E-state index >= 15 is 0 Å². The Morgan fingerprint density at radius 1 is 1.03 bits per heavy atom. The SMILES string of the molecule is CC(=O)OC[C@]12CCC3C(C[C@@H](O)[C@@]4(O)C[C@@H](O)CC[C@]34C)C1C[C@H](O)C2[C@H](C)CCCC(C)C. The highest BCUT2D eigenvalue weighted by Gasteiger charge is 2.69. The van der Waals surface area contributed by atoms with Gasteiger partial charge in [-0.1, -0.05) is 47.0 Å². The topological polar surface area (TPSA) is 107 Å². The molecule has 0 heterocycles. The minimum atomic E-state index is -1.28. The van der Waals surface area contributed by atoms with Crippen LogP contribution in [0, 0.1) is 46.3 Å². The molecule has 4 unspecified atom stereocenters. The molecule has 0 aliphatic heterocycles. The summed E-state index contributed by atoms with van der Waals surface area (Å²) in [4.78, 5) is 11.9. The number of fused-ring (bicyclic) bond motifs is 5. The fourth-order valence-corrected chi connectivity index (χ4v) is 9.60. The van der Waals surface area contributed by atoms with Crippen LogP contribution in [0.25, 0.3) is 0 Å². The third-order valence-electron chi connectivity index (χ3n) is 11.3. The van der Waals surface area contributed by atoms with Crippen LogP contribution in [0.3, 0.4) is 0 Å². The van der Waals surface area contributed by atoms with Crippen LogP contribution in [0.4, 0.5) is 0 Å². The summed E-state index contributed by atoms with van der Waals surface area (Å²) in [5.74, 6) is 1.31. The molecule has 6 heteroatoms. The fourth-order valence-electron chi connectivity index (χ4n) is 9.60. The van der Waals surface area contributed by atoms with Gasteiger partial charge in [0.15, 0.2) is 0 Å². The summed E-state index contributed by atoms with van der Waals surface area (Å²) in [6.45, 7) is 10.7. The van der Waals surface area contributed by atoms with E-state index < -0.39 is 29.3 Å². The van der Waals surface area contributed by atoms with E-state index in [-0.39, 0.29) is 41.5 Å². The molecular weight excluding hydrogens is 444 g/mol. The number of ether oxygens (including phenoxy) is 1. The van der Waals surface area contributed by atoms with Gasteiger partial charge < -0.3 is 25.2 Å². The molecule has 0 aromatic rings. The lowest BCUT2D eigenvalue weighted by atomic mass is 9.42. The maximum atomic E-state index is 11.9. The van der Waals surface area contributed by atoms with Crippen molar-refractivity contribution in [2.75, 3.05) is 6.61 Å². The normalized spacial score (nSPS) is 48.1. The second-order valence-electron chi connectivity index (χ2n) is 13.5. The van der Waals surface area contributed by atoms with Crippen molar-refractivity contribution < 1.29 is 30.0 Å². The van der Waals surface area contributed by atoms with Crippen molar-refractivity contribution in [1.82, 2.24) is 0 Å². The van der Waals surface area contributed by atoms with Gasteiger partial charge in [-0.15, -0.1) is 0 Å². The lowest BCUT2D eigenvalue weighted by Crippen LogP contribution is -2.69. The van der Waals surface area contributed by atoms with Gasteiger partial charge >= 0.3 is 5.97 Å². The van der Waals surface area contributed by atoms with Gasteiger partial charge in [0.1, 0.15) is 0 Å². The number of hydrogen-bond donors (Lipinski definition) is 4. The van der Waals surface area contributed by atoms with Crippen LogP contribution >= 0.6 is 0 Å². The lowest BCUT2D eigenvalue weighted by Gasteiger charge is -2.65. The fraction of sp³-hybridized carbons (Fsp3) is 0.966. The Morgan fingerprint density at radius 3 is 2.40 bits per heavy atom. The number of carbonyl (C=O) groups is 1. The first-order chi connectivity index (χ1) is 16.4. The van der Waals surface area contributed by atoms with E-state index in [0.29, 0.717) is 44.1 Å². The summed E-state index contributed by atoms with van der Waals surface area (Å²) in [5, 5.41) is 44.8. The summed E-state index contributed by atoms with van der Waals surface area (Å²) in [7, 11) is 0. The molecule has 4 saturated carbocycles. The third kappa shape index (κ3) is 4.49. The predicted molar refractivity (Wildman–Crippen MR) is 134 cm³/mol. The molecule has 0 radical (unpaired) electrons. The second-order valence-corrected chi connectivity index (χ2v) is 13.5. The molecule has 0 aromatic heterocycles. The maximum Gasteiger partial charge on any atom is 0.302 e. The standard InChI is InChI=1S/C29H50O6/c1-17(2)7-6-8-18(3)26-24(32)14-23-21-13-25(33)29(34)15-20(31)9-11-27(29,5)22(21)10-12-28(23,26)16-35-19(4)30/h17-18,20-26,31-34H,6-16H2,1-5H3/t18-,20+,21?,22?,23?,24+,25-,26?,27-,28-,29+/m1/s1. The largest absolute Gasteiger partial charge is 0.465 e. The van der Waals surface area contributed by atoms with E-state index in [1.54, 1.807) is 0 Å². The van der Waals surface area contributed by atoms with Crippen LogP contribution in [-0.4, -0.2) is 56.9 Å². The predicted octanol–water partition coefficient (Wildman–Crippen LogP) is 4.07. The third-order valence-corrected chi connectivity index (χ3v) is 11.3. The minimum absolute atomic E-state index is 0.0684. The molecule has 0 aromatic carbocycles. The first kappa shape index (κ1) is 27.3. The van der Waals surface area contributed by atoms with Crippen molar-refractivity contribution in [3.8, 4) is 0 Å². The first-order valence-electron chi connectivity index (χ1n) is 14.3. The Kier molecular flexibility index (Phi) is 7.72. The van der Waals surface area contributed by atoms with Gasteiger partial charge in [0.25, 0.3) is 0 Å². The van der Waals surface area contributed by atoms with Crippen molar-refractivity contribution in [1.29, 1.82) is 0 Å². The van der Waals surface area contributed by atoms with Crippen molar-refractivity contribution in [3.05, 3.63) is 0 Å². The molecule has 0 amide bonds. The molecule has 6 nitrogen and oxygen atoms in total. The van der Waals surface area contributed by atoms with E-state index in [0.717, 1.165) is 25.7 Å². The Labute approximate surface area is 211 Å². The Hall–Kier alpha value is -0.690. The molecule has 0 bridgehead atoms. The number of hydrogen-bond acceptors (Lipinski definition) is 6. The molecule has 4 rings (SSSR count). The Balaban J connectivity index is 1.65. The Morgan fingerprint density at radius 2 is 1.74 bits per heavy atom. The van der Waals surface area contributed by atoms with Gasteiger partial charge in [-0.25, -0.2) is 0 Å². The van der Waals surface area contributed by atoms with Gasteiger partial charge in [-0.05, 0) is 74.0 Å². The first-order valence-corrected chi connectivity index (χ1v) is 14.3. The summed E-state index contributed by atoms with van der Waals surface area (Å²) in [5.41, 5.74) is -2.03. The quantitative estimate of drug-likeness (QED) is 0.398. The van der Waals surface area contributed by atoms with Crippen LogP contribution in [0.15, 0.2) is 0 Å². The summed E-state index contributed by atoms with van der Waals surface area (Å²) < 4.78 is 5.73. The van der Waals surface area contributed by atoms with Gasteiger partial charge in [0.05, 0.1) is 30.5 Å². The van der Waals surface area contributed by atoms with Crippen molar-refractivity contribution in [3.63, 3.8) is 0 Å². The summed E-state index contributed by atoms with van der Waals surface area (Å²) >= 11 is 0. The highest BCUT2D eigenvalue weighted by Crippen LogP contribution is 2.69. The molecule has 0 spiro atoms. The molecule has 11 atom stereocenters. The molecule has 0 saturated heterocycles. The minimum Gasteiger partial charge on any atom is -0.465 e. The van der Waals surface area contributed by atoms with E-state index in [2.05, 4.69) is 27.7 Å². The average Bonchev–Trinajstić information content (AvgIpc) is 3.07. The summed E-state index contributed by atoms with van der Waals surface area (Å²) in [6, 6.07) is 0. The van der Waals surface area contributed by atoms with Crippen LogP contribution in [-0.2, 0) is 9.53 Å². The highest BCUT2D eigenvalue weighted by atomic mass is 16.5. The van der Waals surface area contributed by atoms with Gasteiger partial charge in [0.2, 0.25) is 0 Å². The van der Waals surface area contributed by atoms with Gasteiger partial charge in [0, 0.05) is 24.2 Å². The maximum absolute atomic E-state index is 11.9. The van der Waals surface area contributed by atoms with Gasteiger partial charge in [-0.3, -0.25) is 4.79 Å². The van der Waals surface area contributed by atoms with Crippen molar-refractivity contribution >= 4 is 5.97 Å². The molecule has 35 heavy (non-hydrogen) atoms. The van der Waals surface area contributed by atoms with Crippen molar-refractivity contribution in [2.24, 2.45) is 46.3 Å². The highest BCUT2D eigenvalue weighted by molar-refractivity contribution is 5.65. The van der Waals surface area contributed by atoms with E-state index in [4.69, 9.17) is 4.74 Å². The van der Waals surface area contributed by atoms with E-state index in [1.807, 2.05) is 0 Å². The van der Waals surface area contributed by atoms with E-state index in [1.165, 1.54) is 13.3 Å². The Bertz CT molecular complexity index is 770. The number of aliphatic hydroxyl groups excluding tert-OH is 3. The molecule has 4 aliphatic rings. The summed E-state index contributed by atoms with van der Waals surface area (Å²) in [6.07, 6.45) is 5.95. The number of carbonyl (C=O) groups excluding carboxylic acids is 1.